The van der Waals surface area contributed by atoms with Crippen LogP contribution in [-0.4, -0.2) is 23.5 Å². The summed E-state index contributed by atoms with van der Waals surface area (Å²) in [4.78, 5) is 25.5. The molecule has 0 aliphatic rings. The lowest BCUT2D eigenvalue weighted by Gasteiger charge is -2.20. The van der Waals surface area contributed by atoms with Crippen molar-refractivity contribution in [2.24, 2.45) is 0 Å². The Kier molecular flexibility index (Phi) is 4.90. The second kappa shape index (κ2) is 6.85. The van der Waals surface area contributed by atoms with Crippen molar-refractivity contribution in [3.05, 3.63) is 58.3 Å². The number of para-hydroxylation sites is 1. The summed E-state index contributed by atoms with van der Waals surface area (Å²) in [6.07, 6.45) is 2.49. The summed E-state index contributed by atoms with van der Waals surface area (Å²) in [6.45, 7) is 2.45. The molecule has 0 spiro atoms. The highest BCUT2D eigenvalue weighted by atomic mass is 32.1. The molecule has 0 atom stereocenters. The lowest BCUT2D eigenvalue weighted by molar-refractivity contribution is -0.131. The van der Waals surface area contributed by atoms with E-state index < -0.39 is 5.97 Å². The number of aliphatic carboxylic acids is 1. The normalized spacial score (nSPS) is 10.7. The average molecular weight is 301 g/mol. The summed E-state index contributed by atoms with van der Waals surface area (Å²) in [5, 5.41) is 10.5. The molecule has 1 amide bonds. The molecule has 1 heterocycles. The van der Waals surface area contributed by atoms with Crippen LogP contribution in [0.2, 0.25) is 0 Å². The minimum Gasteiger partial charge on any atom is -0.478 e. The zero-order valence-electron chi connectivity index (χ0n) is 11.5. The summed E-state index contributed by atoms with van der Waals surface area (Å²) in [5.41, 5.74) is 1.45. The molecule has 2 aromatic rings. The Bertz CT molecular complexity index is 661. The molecule has 1 aromatic heterocycles. The van der Waals surface area contributed by atoms with Crippen LogP contribution < -0.4 is 4.90 Å². The van der Waals surface area contributed by atoms with Crippen LogP contribution in [0.3, 0.4) is 0 Å². The first-order chi connectivity index (χ1) is 10.1. The van der Waals surface area contributed by atoms with E-state index in [9.17, 15) is 9.59 Å². The molecule has 0 fully saturated rings. The molecule has 108 valence electrons. The van der Waals surface area contributed by atoms with Crippen molar-refractivity contribution in [3.63, 3.8) is 0 Å². The van der Waals surface area contributed by atoms with Crippen molar-refractivity contribution in [2.75, 3.05) is 11.4 Å². The van der Waals surface area contributed by atoms with Crippen molar-refractivity contribution < 1.29 is 14.7 Å². The highest BCUT2D eigenvalue weighted by Crippen LogP contribution is 2.23. The quantitative estimate of drug-likeness (QED) is 0.860. The lowest BCUT2D eigenvalue weighted by atomic mass is 10.2. The number of amides is 1. The SMILES string of the molecule is CCN(C(=O)c1sccc1C=CC(=O)O)c1ccccc1. The highest BCUT2D eigenvalue weighted by Gasteiger charge is 2.19. The van der Waals surface area contributed by atoms with Gasteiger partial charge >= 0.3 is 5.97 Å². The fourth-order valence-corrected chi connectivity index (χ4v) is 2.79. The lowest BCUT2D eigenvalue weighted by Crippen LogP contribution is -2.30. The maximum absolute atomic E-state index is 12.7. The van der Waals surface area contributed by atoms with Gasteiger partial charge in [0.15, 0.2) is 0 Å². The predicted octanol–water partition coefficient (Wildman–Crippen LogP) is 3.51. The molecule has 1 N–H and O–H groups in total. The van der Waals surface area contributed by atoms with Crippen LogP contribution in [0.1, 0.15) is 22.2 Å². The van der Waals surface area contributed by atoms with E-state index in [1.54, 1.807) is 16.3 Å². The number of anilines is 1. The topological polar surface area (TPSA) is 57.6 Å². The van der Waals surface area contributed by atoms with Gasteiger partial charge in [-0.3, -0.25) is 4.79 Å². The third-order valence-corrected chi connectivity index (χ3v) is 3.84. The number of hydrogen-bond donors (Lipinski definition) is 1. The standard InChI is InChI=1S/C16H15NO3S/c1-2-17(13-6-4-3-5-7-13)16(20)15-12(10-11-21-15)8-9-14(18)19/h3-11H,2H2,1H3,(H,18,19). The molecular formula is C16H15NO3S. The molecule has 0 radical (unpaired) electrons. The number of thiophene rings is 1. The van der Waals surface area contributed by atoms with Crippen molar-refractivity contribution >= 4 is 35.0 Å². The number of carboxylic acid groups (broad SMARTS) is 1. The number of nitrogens with zero attached hydrogens (tertiary/aromatic N) is 1. The van der Waals surface area contributed by atoms with E-state index in [-0.39, 0.29) is 5.91 Å². The van der Waals surface area contributed by atoms with Crippen molar-refractivity contribution in [3.8, 4) is 0 Å². The first-order valence-corrected chi connectivity index (χ1v) is 7.37. The molecule has 0 bridgehead atoms. The molecule has 0 saturated carbocycles. The zero-order chi connectivity index (χ0) is 15.2. The van der Waals surface area contributed by atoms with Gasteiger partial charge in [0.05, 0.1) is 4.88 Å². The van der Waals surface area contributed by atoms with Crippen molar-refractivity contribution in [1.29, 1.82) is 0 Å². The van der Waals surface area contributed by atoms with Crippen LogP contribution in [0.15, 0.2) is 47.9 Å². The first kappa shape index (κ1) is 15.0. The van der Waals surface area contributed by atoms with Crippen LogP contribution >= 0.6 is 11.3 Å². The van der Waals surface area contributed by atoms with E-state index in [2.05, 4.69) is 0 Å². The number of carbonyl (C=O) groups excluding carboxylic acids is 1. The van der Waals surface area contributed by atoms with Crippen molar-refractivity contribution in [2.45, 2.75) is 6.92 Å². The molecule has 4 nitrogen and oxygen atoms in total. The molecule has 5 heteroatoms. The van der Waals surface area contributed by atoms with Gasteiger partial charge < -0.3 is 10.0 Å². The number of hydrogen-bond acceptors (Lipinski definition) is 3. The Morgan fingerprint density at radius 1 is 1.24 bits per heavy atom. The molecule has 0 aliphatic carbocycles. The average Bonchev–Trinajstić information content (AvgIpc) is 2.95. The van der Waals surface area contributed by atoms with Gasteiger partial charge in [-0.1, -0.05) is 18.2 Å². The van der Waals surface area contributed by atoms with Crippen LogP contribution in [0.4, 0.5) is 5.69 Å². The van der Waals surface area contributed by atoms with Gasteiger partial charge in [0, 0.05) is 18.3 Å². The Balaban J connectivity index is 2.31. The van der Waals surface area contributed by atoms with Crippen LogP contribution in [0.25, 0.3) is 6.08 Å². The fourth-order valence-electron chi connectivity index (χ4n) is 1.96. The van der Waals surface area contributed by atoms with Gasteiger partial charge in [0.1, 0.15) is 0 Å². The maximum Gasteiger partial charge on any atom is 0.328 e. The fraction of sp³-hybridized carbons (Fsp3) is 0.125. The largest absolute Gasteiger partial charge is 0.478 e. The molecule has 21 heavy (non-hydrogen) atoms. The van der Waals surface area contributed by atoms with Crippen LogP contribution in [-0.2, 0) is 4.79 Å². The Morgan fingerprint density at radius 3 is 2.57 bits per heavy atom. The van der Waals surface area contributed by atoms with Gasteiger partial charge in [-0.15, -0.1) is 11.3 Å². The Morgan fingerprint density at radius 2 is 1.95 bits per heavy atom. The van der Waals surface area contributed by atoms with E-state index in [0.29, 0.717) is 17.0 Å². The first-order valence-electron chi connectivity index (χ1n) is 6.49. The summed E-state index contributed by atoms with van der Waals surface area (Å²) in [5.74, 6) is -1.15. The molecular weight excluding hydrogens is 286 g/mol. The third kappa shape index (κ3) is 3.58. The third-order valence-electron chi connectivity index (χ3n) is 2.92. The minimum absolute atomic E-state index is 0.122. The van der Waals surface area contributed by atoms with E-state index in [1.165, 1.54) is 17.4 Å². The highest BCUT2D eigenvalue weighted by molar-refractivity contribution is 7.12. The van der Waals surface area contributed by atoms with Gasteiger partial charge in [0.2, 0.25) is 0 Å². The number of rotatable bonds is 5. The summed E-state index contributed by atoms with van der Waals surface area (Å²) in [6, 6.07) is 11.2. The number of benzene rings is 1. The predicted molar refractivity (Wildman–Crippen MR) is 84.8 cm³/mol. The second-order valence-corrected chi connectivity index (χ2v) is 5.18. The van der Waals surface area contributed by atoms with E-state index >= 15 is 0 Å². The van der Waals surface area contributed by atoms with Gasteiger partial charge in [0.25, 0.3) is 5.91 Å². The van der Waals surface area contributed by atoms with E-state index in [0.717, 1.165) is 11.8 Å². The monoisotopic (exact) mass is 301 g/mol. The van der Waals surface area contributed by atoms with Crippen LogP contribution in [0, 0.1) is 0 Å². The van der Waals surface area contributed by atoms with E-state index in [4.69, 9.17) is 5.11 Å². The van der Waals surface area contributed by atoms with Crippen LogP contribution in [0.5, 0.6) is 0 Å². The smallest absolute Gasteiger partial charge is 0.328 e. The Labute approximate surface area is 127 Å². The molecule has 0 saturated heterocycles. The summed E-state index contributed by atoms with van der Waals surface area (Å²) < 4.78 is 0. The van der Waals surface area contributed by atoms with E-state index in [1.807, 2.05) is 37.3 Å². The minimum atomic E-state index is -1.03. The summed E-state index contributed by atoms with van der Waals surface area (Å²) >= 11 is 1.31. The second-order valence-electron chi connectivity index (χ2n) is 4.26. The number of carbonyl (C=O) groups is 2. The van der Waals surface area contributed by atoms with Gasteiger partial charge in [-0.2, -0.15) is 0 Å². The zero-order valence-corrected chi connectivity index (χ0v) is 12.3. The van der Waals surface area contributed by atoms with Gasteiger partial charge in [-0.25, -0.2) is 4.79 Å². The van der Waals surface area contributed by atoms with Gasteiger partial charge in [-0.05, 0) is 42.1 Å². The molecule has 1 aromatic carbocycles. The maximum atomic E-state index is 12.7. The summed E-state index contributed by atoms with van der Waals surface area (Å²) in [7, 11) is 0. The molecule has 0 unspecified atom stereocenters. The molecule has 0 aliphatic heterocycles. The Hall–Kier alpha value is -2.40. The molecule has 2 rings (SSSR count). The number of carboxylic acids is 1. The van der Waals surface area contributed by atoms with Crippen molar-refractivity contribution in [1.82, 2.24) is 0 Å².